The largest absolute Gasteiger partial charge is 0.467 e. The molecule has 0 unspecified atom stereocenters. The van der Waals surface area contributed by atoms with Gasteiger partial charge in [-0.15, -0.1) is 16.9 Å². The number of hydrogen-bond acceptors (Lipinski definition) is 5. The maximum atomic E-state index is 13.0. The number of rotatable bonds is 5. The van der Waals surface area contributed by atoms with Crippen molar-refractivity contribution in [2.75, 3.05) is 5.75 Å². The van der Waals surface area contributed by atoms with Crippen molar-refractivity contribution >= 4 is 17.7 Å². The monoisotopic (exact) mass is 358 g/mol. The van der Waals surface area contributed by atoms with E-state index in [9.17, 15) is 9.18 Å². The summed E-state index contributed by atoms with van der Waals surface area (Å²) in [5, 5.41) is 8.17. The highest BCUT2D eigenvalue weighted by molar-refractivity contribution is 8.00. The van der Waals surface area contributed by atoms with Gasteiger partial charge in [0.25, 0.3) is 0 Å². The summed E-state index contributed by atoms with van der Waals surface area (Å²) in [4.78, 5) is 13.9. The van der Waals surface area contributed by atoms with Crippen molar-refractivity contribution < 1.29 is 13.6 Å². The van der Waals surface area contributed by atoms with Gasteiger partial charge in [0, 0.05) is 0 Å². The number of thioether (sulfide) groups is 1. The summed E-state index contributed by atoms with van der Waals surface area (Å²) in [5.74, 6) is 0.937. The van der Waals surface area contributed by atoms with Gasteiger partial charge in [0.1, 0.15) is 22.6 Å². The zero-order chi connectivity index (χ0) is 17.2. The molecule has 4 rings (SSSR count). The Hall–Kier alpha value is -2.61. The van der Waals surface area contributed by atoms with E-state index >= 15 is 0 Å². The third kappa shape index (κ3) is 3.43. The summed E-state index contributed by atoms with van der Waals surface area (Å²) in [7, 11) is 0. The van der Waals surface area contributed by atoms with Crippen molar-refractivity contribution in [3.63, 3.8) is 0 Å². The lowest BCUT2D eigenvalue weighted by atomic mass is 10.2. The number of carbonyl (C=O) groups is 1. The Labute approximate surface area is 147 Å². The van der Waals surface area contributed by atoms with E-state index in [4.69, 9.17) is 4.42 Å². The van der Waals surface area contributed by atoms with Crippen LogP contribution in [0.4, 0.5) is 4.39 Å². The van der Waals surface area contributed by atoms with Gasteiger partial charge in [0.2, 0.25) is 5.91 Å². The fraction of sp³-hybridized carbons (Fsp3) is 0.235. The minimum Gasteiger partial charge on any atom is -0.467 e. The Balaban J connectivity index is 1.50. The van der Waals surface area contributed by atoms with Gasteiger partial charge in [0.05, 0.1) is 31.3 Å². The van der Waals surface area contributed by atoms with E-state index < -0.39 is 0 Å². The van der Waals surface area contributed by atoms with Crippen LogP contribution in [0.5, 0.6) is 0 Å². The van der Waals surface area contributed by atoms with Crippen molar-refractivity contribution in [2.45, 2.75) is 18.5 Å². The topological polar surface area (TPSA) is 64.2 Å². The van der Waals surface area contributed by atoms with E-state index in [-0.39, 0.29) is 17.1 Å². The summed E-state index contributed by atoms with van der Waals surface area (Å²) in [6.07, 6.45) is 3.42. The van der Waals surface area contributed by atoms with Gasteiger partial charge in [-0.25, -0.2) is 9.07 Å². The van der Waals surface area contributed by atoms with E-state index in [2.05, 4.69) is 10.3 Å². The van der Waals surface area contributed by atoms with Gasteiger partial charge in [-0.3, -0.25) is 4.79 Å². The van der Waals surface area contributed by atoms with Gasteiger partial charge < -0.3 is 9.32 Å². The quantitative estimate of drug-likeness (QED) is 0.702. The SMILES string of the molecule is O=C1CS[C@@H](c2cn(Cc3ccc(F)cc3)nn2)N1Cc1ccco1. The Morgan fingerprint density at radius 2 is 2.08 bits per heavy atom. The zero-order valence-corrected chi connectivity index (χ0v) is 14.0. The normalized spacial score (nSPS) is 17.4. The summed E-state index contributed by atoms with van der Waals surface area (Å²) in [6.45, 7) is 0.908. The van der Waals surface area contributed by atoms with Crippen molar-refractivity contribution in [3.8, 4) is 0 Å². The first-order valence-corrected chi connectivity index (χ1v) is 8.82. The highest BCUT2D eigenvalue weighted by Gasteiger charge is 2.35. The van der Waals surface area contributed by atoms with Crippen molar-refractivity contribution in [2.24, 2.45) is 0 Å². The van der Waals surface area contributed by atoms with Crippen LogP contribution in [0.1, 0.15) is 22.4 Å². The van der Waals surface area contributed by atoms with Crippen molar-refractivity contribution in [3.05, 3.63) is 71.7 Å². The maximum Gasteiger partial charge on any atom is 0.234 e. The minimum absolute atomic E-state index is 0.0551. The molecule has 0 radical (unpaired) electrons. The van der Waals surface area contributed by atoms with Crippen LogP contribution in [0.3, 0.4) is 0 Å². The first-order valence-electron chi connectivity index (χ1n) is 7.77. The van der Waals surface area contributed by atoms with Gasteiger partial charge in [-0.2, -0.15) is 0 Å². The van der Waals surface area contributed by atoms with Gasteiger partial charge in [0.15, 0.2) is 0 Å². The molecule has 0 spiro atoms. The molecule has 1 aromatic carbocycles. The van der Waals surface area contributed by atoms with E-state index in [1.807, 2.05) is 12.3 Å². The maximum absolute atomic E-state index is 13.0. The Kier molecular flexibility index (Phi) is 4.27. The number of hydrogen-bond donors (Lipinski definition) is 0. The highest BCUT2D eigenvalue weighted by Crippen LogP contribution is 2.38. The first kappa shape index (κ1) is 15.9. The van der Waals surface area contributed by atoms with Crippen LogP contribution >= 0.6 is 11.8 Å². The number of carbonyl (C=O) groups excluding carboxylic acids is 1. The number of furan rings is 1. The van der Waals surface area contributed by atoms with Crippen LogP contribution in [-0.4, -0.2) is 31.6 Å². The summed E-state index contributed by atoms with van der Waals surface area (Å²) >= 11 is 1.52. The number of aromatic nitrogens is 3. The van der Waals surface area contributed by atoms with E-state index in [1.54, 1.807) is 34.0 Å². The van der Waals surface area contributed by atoms with Crippen molar-refractivity contribution in [1.29, 1.82) is 0 Å². The number of halogens is 1. The molecule has 1 saturated heterocycles. The molecule has 3 heterocycles. The van der Waals surface area contributed by atoms with E-state index in [1.165, 1.54) is 23.9 Å². The average Bonchev–Trinajstić information content (AvgIpc) is 3.34. The van der Waals surface area contributed by atoms with Crippen LogP contribution in [0, 0.1) is 5.82 Å². The molecule has 0 N–H and O–H groups in total. The van der Waals surface area contributed by atoms with Gasteiger partial charge >= 0.3 is 0 Å². The van der Waals surface area contributed by atoms with Gasteiger partial charge in [-0.1, -0.05) is 17.3 Å². The number of benzene rings is 1. The Morgan fingerprint density at radius 3 is 2.84 bits per heavy atom. The molecule has 1 fully saturated rings. The molecule has 6 nitrogen and oxygen atoms in total. The molecule has 8 heteroatoms. The van der Waals surface area contributed by atoms with Crippen LogP contribution in [0.25, 0.3) is 0 Å². The summed E-state index contributed by atoms with van der Waals surface area (Å²) in [5.41, 5.74) is 1.66. The molecule has 25 heavy (non-hydrogen) atoms. The molecule has 2 aromatic heterocycles. The lowest BCUT2D eigenvalue weighted by Gasteiger charge is -2.20. The fourth-order valence-electron chi connectivity index (χ4n) is 2.72. The summed E-state index contributed by atoms with van der Waals surface area (Å²) in [6, 6.07) is 9.92. The molecule has 0 aliphatic carbocycles. The molecule has 1 aliphatic heterocycles. The second-order valence-electron chi connectivity index (χ2n) is 5.73. The lowest BCUT2D eigenvalue weighted by molar-refractivity contribution is -0.128. The zero-order valence-electron chi connectivity index (χ0n) is 13.2. The smallest absolute Gasteiger partial charge is 0.234 e. The van der Waals surface area contributed by atoms with Crippen LogP contribution < -0.4 is 0 Å². The predicted molar refractivity (Wildman–Crippen MR) is 90.0 cm³/mol. The van der Waals surface area contributed by atoms with E-state index in [0.717, 1.165) is 17.0 Å². The van der Waals surface area contributed by atoms with Crippen LogP contribution in [0.2, 0.25) is 0 Å². The third-order valence-electron chi connectivity index (χ3n) is 3.94. The summed E-state index contributed by atoms with van der Waals surface area (Å²) < 4.78 is 20.0. The van der Waals surface area contributed by atoms with E-state index in [0.29, 0.717) is 18.8 Å². The minimum atomic E-state index is -0.266. The fourth-order valence-corrected chi connectivity index (χ4v) is 3.84. The average molecular weight is 358 g/mol. The van der Waals surface area contributed by atoms with Crippen LogP contribution in [0.15, 0.2) is 53.3 Å². The second kappa shape index (κ2) is 6.72. The molecule has 3 aromatic rings. The molecule has 1 amide bonds. The third-order valence-corrected chi connectivity index (χ3v) is 5.17. The Morgan fingerprint density at radius 1 is 1.24 bits per heavy atom. The first-order chi connectivity index (χ1) is 12.2. The molecule has 0 saturated carbocycles. The number of amides is 1. The van der Waals surface area contributed by atoms with Gasteiger partial charge in [-0.05, 0) is 29.8 Å². The second-order valence-corrected chi connectivity index (χ2v) is 6.80. The standard InChI is InChI=1S/C17H15FN4O2S/c18-13-5-3-12(4-6-13)8-21-10-15(19-20-21)17-22(16(23)11-25-17)9-14-2-1-7-24-14/h1-7,10,17H,8-9,11H2/t17-/m0/s1. The lowest BCUT2D eigenvalue weighted by Crippen LogP contribution is -2.27. The number of nitrogens with zero attached hydrogens (tertiary/aromatic N) is 4. The Bertz CT molecular complexity index is 863. The molecule has 128 valence electrons. The molecule has 1 aliphatic rings. The molecular weight excluding hydrogens is 343 g/mol. The molecule has 1 atom stereocenters. The highest BCUT2D eigenvalue weighted by atomic mass is 32.2. The van der Waals surface area contributed by atoms with Crippen LogP contribution in [-0.2, 0) is 17.9 Å². The predicted octanol–water partition coefficient (Wildman–Crippen LogP) is 2.83. The molecule has 0 bridgehead atoms. The van der Waals surface area contributed by atoms with Crippen molar-refractivity contribution in [1.82, 2.24) is 19.9 Å². The molecular formula is C17H15FN4O2S.